The third-order valence-electron chi connectivity index (χ3n) is 2.76. The summed E-state index contributed by atoms with van der Waals surface area (Å²) in [5.74, 6) is 0.104. The largest absolute Gasteiger partial charge is 0.397 e. The van der Waals surface area contributed by atoms with Crippen LogP contribution < -0.4 is 11.1 Å². The van der Waals surface area contributed by atoms with Gasteiger partial charge in [-0.2, -0.15) is 0 Å². The molecule has 0 fully saturated rings. The Hall–Kier alpha value is -1.77. The van der Waals surface area contributed by atoms with Crippen LogP contribution in [-0.2, 0) is 0 Å². The van der Waals surface area contributed by atoms with Crippen LogP contribution in [0.5, 0.6) is 0 Å². The normalized spacial score (nSPS) is 11.9. The fraction of sp³-hybridized carbons (Fsp3) is 0.400. The molecule has 1 unspecified atom stereocenters. The molecule has 1 aromatic rings. The van der Waals surface area contributed by atoms with Crippen LogP contribution in [0, 0.1) is 0 Å². The third kappa shape index (κ3) is 3.62. The van der Waals surface area contributed by atoms with Gasteiger partial charge in [0, 0.05) is 18.0 Å². The third-order valence-corrected chi connectivity index (χ3v) is 2.76. The molecule has 0 radical (unpaired) electrons. The van der Waals surface area contributed by atoms with Gasteiger partial charge in [-0.15, -0.1) is 6.58 Å². The van der Waals surface area contributed by atoms with Gasteiger partial charge in [-0.25, -0.2) is 0 Å². The molecule has 1 rings (SSSR count). The number of para-hydroxylation sites is 1. The average molecular weight is 246 g/mol. The van der Waals surface area contributed by atoms with Gasteiger partial charge in [-0.1, -0.05) is 18.6 Å². The number of hydrogen-bond acceptors (Lipinski definition) is 3. The smallest absolute Gasteiger partial charge is 0.164 e. The number of carbonyl (C=O) groups excluding carboxylic acids is 1. The second-order valence-electron chi connectivity index (χ2n) is 4.75. The van der Waals surface area contributed by atoms with Crippen molar-refractivity contribution in [2.45, 2.75) is 39.7 Å². The average Bonchev–Trinajstić information content (AvgIpc) is 2.29. The SMILES string of the molecule is C=C(C)CC(C)Nc1c(N)cccc1C(=O)CC. The lowest BCUT2D eigenvalue weighted by molar-refractivity contribution is 0.0989. The molecule has 3 nitrogen and oxygen atoms in total. The Labute approximate surface area is 109 Å². The Morgan fingerprint density at radius 3 is 2.72 bits per heavy atom. The van der Waals surface area contributed by atoms with Crippen molar-refractivity contribution in [1.82, 2.24) is 0 Å². The van der Waals surface area contributed by atoms with Crippen molar-refractivity contribution >= 4 is 17.2 Å². The van der Waals surface area contributed by atoms with E-state index < -0.39 is 0 Å². The number of anilines is 2. The number of ketones is 1. The summed E-state index contributed by atoms with van der Waals surface area (Å²) in [6.45, 7) is 9.80. The molecule has 0 saturated heterocycles. The molecule has 0 spiro atoms. The van der Waals surface area contributed by atoms with Crippen LogP contribution in [0.4, 0.5) is 11.4 Å². The van der Waals surface area contributed by atoms with E-state index in [1.54, 1.807) is 0 Å². The number of Topliss-reactive ketones (excluding diaryl/α,β-unsaturated/α-hetero) is 1. The van der Waals surface area contributed by atoms with Crippen molar-refractivity contribution in [3.8, 4) is 0 Å². The molecule has 1 atom stereocenters. The van der Waals surface area contributed by atoms with Crippen LogP contribution >= 0.6 is 0 Å². The summed E-state index contributed by atoms with van der Waals surface area (Å²) in [6.07, 6.45) is 1.33. The number of carbonyl (C=O) groups is 1. The van der Waals surface area contributed by atoms with Gasteiger partial charge in [0.25, 0.3) is 0 Å². The molecule has 0 heterocycles. The monoisotopic (exact) mass is 246 g/mol. The minimum atomic E-state index is 0.104. The first kappa shape index (κ1) is 14.3. The highest BCUT2D eigenvalue weighted by Gasteiger charge is 2.14. The van der Waals surface area contributed by atoms with Crippen molar-refractivity contribution in [1.29, 1.82) is 0 Å². The Morgan fingerprint density at radius 2 is 2.17 bits per heavy atom. The summed E-state index contributed by atoms with van der Waals surface area (Å²) in [6, 6.07) is 5.64. The van der Waals surface area contributed by atoms with Crippen LogP contribution in [0.15, 0.2) is 30.4 Å². The predicted octanol–water partition coefficient (Wildman–Crippen LogP) is 3.63. The number of nitrogens with two attached hydrogens (primary N) is 1. The van der Waals surface area contributed by atoms with E-state index in [1.807, 2.05) is 32.0 Å². The van der Waals surface area contributed by atoms with Crippen molar-refractivity contribution < 1.29 is 4.79 Å². The summed E-state index contributed by atoms with van der Waals surface area (Å²) >= 11 is 0. The number of rotatable bonds is 6. The van der Waals surface area contributed by atoms with Crippen LogP contribution in [0.25, 0.3) is 0 Å². The number of benzene rings is 1. The molecule has 3 heteroatoms. The van der Waals surface area contributed by atoms with E-state index in [-0.39, 0.29) is 11.8 Å². The molecule has 0 saturated carbocycles. The van der Waals surface area contributed by atoms with Crippen LogP contribution in [0.1, 0.15) is 44.0 Å². The quantitative estimate of drug-likeness (QED) is 0.458. The molecule has 0 aliphatic heterocycles. The van der Waals surface area contributed by atoms with Gasteiger partial charge in [0.2, 0.25) is 0 Å². The first-order valence-electron chi connectivity index (χ1n) is 6.28. The zero-order chi connectivity index (χ0) is 13.7. The van der Waals surface area contributed by atoms with Crippen molar-refractivity contribution in [3.05, 3.63) is 35.9 Å². The number of nitrogens with one attached hydrogen (secondary N) is 1. The highest BCUT2D eigenvalue weighted by molar-refractivity contribution is 6.03. The molecule has 0 amide bonds. The van der Waals surface area contributed by atoms with Crippen LogP contribution in [-0.4, -0.2) is 11.8 Å². The van der Waals surface area contributed by atoms with Gasteiger partial charge >= 0.3 is 0 Å². The van der Waals surface area contributed by atoms with Crippen molar-refractivity contribution in [2.75, 3.05) is 11.1 Å². The number of hydrogen-bond donors (Lipinski definition) is 2. The van der Waals surface area contributed by atoms with Gasteiger partial charge in [0.05, 0.1) is 11.4 Å². The highest BCUT2D eigenvalue weighted by atomic mass is 16.1. The van der Waals surface area contributed by atoms with E-state index in [0.717, 1.165) is 17.7 Å². The Bertz CT molecular complexity index is 452. The van der Waals surface area contributed by atoms with E-state index in [0.29, 0.717) is 17.7 Å². The molecule has 0 aromatic heterocycles. The Balaban J connectivity index is 2.99. The van der Waals surface area contributed by atoms with Crippen LogP contribution in [0.2, 0.25) is 0 Å². The molecule has 3 N–H and O–H groups in total. The first-order chi connectivity index (χ1) is 8.45. The molecular formula is C15H22N2O. The van der Waals surface area contributed by atoms with E-state index in [4.69, 9.17) is 5.73 Å². The van der Waals surface area contributed by atoms with E-state index in [9.17, 15) is 4.79 Å². The number of nitrogen functional groups attached to an aromatic ring is 1. The zero-order valence-electron chi connectivity index (χ0n) is 11.4. The summed E-state index contributed by atoms with van der Waals surface area (Å²) in [7, 11) is 0. The van der Waals surface area contributed by atoms with Crippen molar-refractivity contribution in [2.24, 2.45) is 0 Å². The van der Waals surface area contributed by atoms with Gasteiger partial charge in [0.15, 0.2) is 5.78 Å². The Kier molecular flexibility index (Phi) is 4.95. The lowest BCUT2D eigenvalue weighted by Gasteiger charge is -2.19. The molecule has 0 aliphatic carbocycles. The molecule has 18 heavy (non-hydrogen) atoms. The fourth-order valence-corrected chi connectivity index (χ4v) is 1.97. The summed E-state index contributed by atoms with van der Waals surface area (Å²) < 4.78 is 0. The van der Waals surface area contributed by atoms with Gasteiger partial charge < -0.3 is 11.1 Å². The molecule has 1 aromatic carbocycles. The maximum atomic E-state index is 11.9. The van der Waals surface area contributed by atoms with E-state index >= 15 is 0 Å². The van der Waals surface area contributed by atoms with Gasteiger partial charge in [0.1, 0.15) is 0 Å². The maximum absolute atomic E-state index is 11.9. The van der Waals surface area contributed by atoms with Gasteiger partial charge in [-0.3, -0.25) is 4.79 Å². The molecule has 0 bridgehead atoms. The van der Waals surface area contributed by atoms with Gasteiger partial charge in [-0.05, 0) is 32.4 Å². The molecule has 98 valence electrons. The van der Waals surface area contributed by atoms with E-state index in [1.165, 1.54) is 0 Å². The predicted molar refractivity (Wildman–Crippen MR) is 78.0 cm³/mol. The summed E-state index contributed by atoms with van der Waals surface area (Å²) in [4.78, 5) is 11.9. The van der Waals surface area contributed by atoms with Crippen molar-refractivity contribution in [3.63, 3.8) is 0 Å². The standard InChI is InChI=1S/C15H22N2O/c1-5-14(18)12-7-6-8-13(16)15(12)17-11(4)9-10(2)3/h6-8,11,17H,2,5,9,16H2,1,3-4H3. The Morgan fingerprint density at radius 1 is 1.50 bits per heavy atom. The maximum Gasteiger partial charge on any atom is 0.164 e. The topological polar surface area (TPSA) is 55.1 Å². The second kappa shape index (κ2) is 6.24. The van der Waals surface area contributed by atoms with E-state index in [2.05, 4.69) is 18.8 Å². The fourth-order valence-electron chi connectivity index (χ4n) is 1.97. The second-order valence-corrected chi connectivity index (χ2v) is 4.75. The molecule has 0 aliphatic rings. The lowest BCUT2D eigenvalue weighted by atomic mass is 10.0. The van der Waals surface area contributed by atoms with Crippen LogP contribution in [0.3, 0.4) is 0 Å². The summed E-state index contributed by atoms with van der Waals surface area (Å²) in [5.41, 5.74) is 9.09. The zero-order valence-corrected chi connectivity index (χ0v) is 11.4. The minimum Gasteiger partial charge on any atom is -0.397 e. The molecular weight excluding hydrogens is 224 g/mol. The minimum absolute atomic E-state index is 0.104. The highest BCUT2D eigenvalue weighted by Crippen LogP contribution is 2.26. The summed E-state index contributed by atoms with van der Waals surface area (Å²) in [5, 5.41) is 3.32. The lowest BCUT2D eigenvalue weighted by Crippen LogP contribution is -2.18. The first-order valence-corrected chi connectivity index (χ1v) is 6.28.